The van der Waals surface area contributed by atoms with Crippen LogP contribution >= 0.6 is 11.8 Å². The van der Waals surface area contributed by atoms with Crippen LogP contribution in [0.4, 0.5) is 0 Å². The minimum absolute atomic E-state index is 0.0688. The molecule has 0 aromatic heterocycles. The molecule has 1 aliphatic rings. The molecule has 0 saturated carbocycles. The van der Waals surface area contributed by atoms with Crippen LogP contribution in [0.5, 0.6) is 0 Å². The average Bonchev–Trinajstić information content (AvgIpc) is 3.04. The van der Waals surface area contributed by atoms with Crippen LogP contribution < -0.4 is 0 Å². The van der Waals surface area contributed by atoms with Gasteiger partial charge in [0, 0.05) is 18.0 Å². The molecule has 1 saturated heterocycles. The van der Waals surface area contributed by atoms with Gasteiger partial charge in [-0.25, -0.2) is 8.42 Å². The zero-order valence-corrected chi connectivity index (χ0v) is 16.0. The Hall–Kier alpha value is -1.54. The number of carboxylic acid groups (broad SMARTS) is 1. The predicted molar refractivity (Wildman–Crippen MR) is 96.4 cm³/mol. The molecule has 1 fully saturated rings. The summed E-state index contributed by atoms with van der Waals surface area (Å²) in [6.07, 6.45) is 0.986. The van der Waals surface area contributed by atoms with Crippen molar-refractivity contribution in [1.82, 2.24) is 4.90 Å². The number of hydrogen-bond acceptors (Lipinski definition) is 5. The van der Waals surface area contributed by atoms with Gasteiger partial charge in [-0.3, -0.25) is 9.59 Å². The maximum atomic E-state index is 12.6. The zero-order chi connectivity index (χ0) is 18.6. The highest BCUT2D eigenvalue weighted by atomic mass is 32.2. The number of aliphatic carboxylic acids is 1. The van der Waals surface area contributed by atoms with Crippen LogP contribution in [-0.4, -0.2) is 54.4 Å². The fraction of sp³-hybridized carbons (Fsp3) is 0.529. The molecule has 0 radical (unpaired) electrons. The first kappa shape index (κ1) is 19.8. The van der Waals surface area contributed by atoms with Crippen molar-refractivity contribution in [1.29, 1.82) is 0 Å². The fourth-order valence-electron chi connectivity index (χ4n) is 2.84. The van der Waals surface area contributed by atoms with Crippen molar-refractivity contribution in [2.45, 2.75) is 41.7 Å². The summed E-state index contributed by atoms with van der Waals surface area (Å²) in [7, 11) is -3.37. The molecule has 1 aliphatic heterocycles. The lowest BCUT2D eigenvalue weighted by Gasteiger charge is -2.21. The molecule has 1 aromatic rings. The molecule has 25 heavy (non-hydrogen) atoms. The highest BCUT2D eigenvalue weighted by Gasteiger charge is 2.33. The van der Waals surface area contributed by atoms with Gasteiger partial charge in [0.1, 0.15) is 0 Å². The standard InChI is InChI=1S/C17H23NO5S2/c1-3-10-25(22,23)15-7-5-4-6-14(15)24-12(2)16(19)18-9-8-13(11-18)17(20)21/h4-7,12-13H,3,8-11H2,1-2H3,(H,20,21). The van der Waals surface area contributed by atoms with Gasteiger partial charge < -0.3 is 10.0 Å². The van der Waals surface area contributed by atoms with Gasteiger partial charge in [-0.2, -0.15) is 0 Å². The maximum absolute atomic E-state index is 12.6. The van der Waals surface area contributed by atoms with Gasteiger partial charge in [0.05, 0.1) is 21.8 Å². The second-order valence-electron chi connectivity index (χ2n) is 6.13. The first-order valence-corrected chi connectivity index (χ1v) is 10.8. The van der Waals surface area contributed by atoms with E-state index in [-0.39, 0.29) is 23.1 Å². The van der Waals surface area contributed by atoms with Crippen molar-refractivity contribution >= 4 is 33.5 Å². The van der Waals surface area contributed by atoms with E-state index in [4.69, 9.17) is 5.11 Å². The van der Waals surface area contributed by atoms with E-state index in [1.165, 1.54) is 11.8 Å². The number of thioether (sulfide) groups is 1. The molecule has 138 valence electrons. The van der Waals surface area contributed by atoms with Crippen molar-refractivity contribution < 1.29 is 23.1 Å². The molecule has 2 atom stereocenters. The number of sulfone groups is 1. The number of rotatable bonds is 7. The number of benzene rings is 1. The molecule has 0 spiro atoms. The van der Waals surface area contributed by atoms with E-state index in [2.05, 4.69) is 0 Å². The lowest BCUT2D eigenvalue weighted by Crippen LogP contribution is -2.35. The quantitative estimate of drug-likeness (QED) is 0.724. The van der Waals surface area contributed by atoms with Gasteiger partial charge in [0.15, 0.2) is 9.84 Å². The summed E-state index contributed by atoms with van der Waals surface area (Å²) < 4.78 is 24.8. The monoisotopic (exact) mass is 385 g/mol. The SMILES string of the molecule is CCCS(=O)(=O)c1ccccc1SC(C)C(=O)N1CCC(C(=O)O)C1. The lowest BCUT2D eigenvalue weighted by molar-refractivity contribution is -0.141. The highest BCUT2D eigenvalue weighted by Crippen LogP contribution is 2.32. The van der Waals surface area contributed by atoms with Gasteiger partial charge in [0.25, 0.3) is 0 Å². The van der Waals surface area contributed by atoms with E-state index in [0.717, 1.165) is 0 Å². The Bertz CT molecular complexity index is 747. The number of hydrogen-bond donors (Lipinski definition) is 1. The van der Waals surface area contributed by atoms with Crippen molar-refractivity contribution in [3.8, 4) is 0 Å². The Labute approximate surface area is 152 Å². The number of nitrogens with zero attached hydrogens (tertiary/aromatic N) is 1. The predicted octanol–water partition coefficient (Wildman–Crippen LogP) is 2.28. The summed E-state index contributed by atoms with van der Waals surface area (Å²) in [5.41, 5.74) is 0. The van der Waals surface area contributed by atoms with Gasteiger partial charge in [-0.15, -0.1) is 11.8 Å². The van der Waals surface area contributed by atoms with Crippen molar-refractivity contribution in [3.05, 3.63) is 24.3 Å². The molecule has 1 heterocycles. The Morgan fingerprint density at radius 1 is 1.36 bits per heavy atom. The van der Waals surface area contributed by atoms with E-state index in [9.17, 15) is 18.0 Å². The maximum Gasteiger partial charge on any atom is 0.308 e. The molecule has 1 amide bonds. The minimum Gasteiger partial charge on any atom is -0.481 e. The summed E-state index contributed by atoms with van der Waals surface area (Å²) in [4.78, 5) is 26.0. The number of amides is 1. The van der Waals surface area contributed by atoms with Crippen molar-refractivity contribution in [3.63, 3.8) is 0 Å². The summed E-state index contributed by atoms with van der Waals surface area (Å²) in [5.74, 6) is -1.49. The first-order valence-electron chi connectivity index (χ1n) is 8.26. The average molecular weight is 386 g/mol. The van der Waals surface area contributed by atoms with E-state index in [0.29, 0.717) is 24.3 Å². The molecule has 2 unspecified atom stereocenters. The highest BCUT2D eigenvalue weighted by molar-refractivity contribution is 8.01. The second kappa shape index (κ2) is 8.23. The molecule has 0 bridgehead atoms. The Morgan fingerprint density at radius 2 is 2.04 bits per heavy atom. The number of carbonyl (C=O) groups excluding carboxylic acids is 1. The molecule has 0 aliphatic carbocycles. The summed E-state index contributed by atoms with van der Waals surface area (Å²) in [5, 5.41) is 8.57. The fourth-order valence-corrected chi connectivity index (χ4v) is 5.76. The summed E-state index contributed by atoms with van der Waals surface area (Å²) in [6, 6.07) is 6.71. The Kier molecular flexibility index (Phi) is 6.51. The third-order valence-electron chi connectivity index (χ3n) is 4.16. The van der Waals surface area contributed by atoms with Crippen LogP contribution in [0.2, 0.25) is 0 Å². The molecule has 6 nitrogen and oxygen atoms in total. The van der Waals surface area contributed by atoms with E-state index in [1.54, 1.807) is 36.1 Å². The molecule has 1 N–H and O–H groups in total. The van der Waals surface area contributed by atoms with Crippen LogP contribution in [0.1, 0.15) is 26.7 Å². The molecule has 8 heteroatoms. The first-order chi connectivity index (χ1) is 11.8. The normalized spacial score (nSPS) is 19.0. The second-order valence-corrected chi connectivity index (χ2v) is 9.59. The smallest absolute Gasteiger partial charge is 0.308 e. The molecule has 1 aromatic carbocycles. The molecular weight excluding hydrogens is 362 g/mol. The van der Waals surface area contributed by atoms with Crippen LogP contribution in [0.15, 0.2) is 34.1 Å². The van der Waals surface area contributed by atoms with Gasteiger partial charge in [0.2, 0.25) is 5.91 Å². The Morgan fingerprint density at radius 3 is 2.64 bits per heavy atom. The third kappa shape index (κ3) is 4.76. The Balaban J connectivity index is 2.12. The van der Waals surface area contributed by atoms with E-state index < -0.39 is 27.0 Å². The van der Waals surface area contributed by atoms with Crippen molar-refractivity contribution in [2.24, 2.45) is 5.92 Å². The molecule has 2 rings (SSSR count). The van der Waals surface area contributed by atoms with Crippen LogP contribution in [0.25, 0.3) is 0 Å². The van der Waals surface area contributed by atoms with Gasteiger partial charge in [-0.1, -0.05) is 19.1 Å². The van der Waals surface area contributed by atoms with Gasteiger partial charge in [-0.05, 0) is 31.9 Å². The summed E-state index contributed by atoms with van der Waals surface area (Å²) >= 11 is 1.21. The lowest BCUT2D eigenvalue weighted by atomic mass is 10.1. The zero-order valence-electron chi connectivity index (χ0n) is 14.3. The third-order valence-corrected chi connectivity index (χ3v) is 7.42. The minimum atomic E-state index is -3.37. The van der Waals surface area contributed by atoms with E-state index in [1.807, 2.05) is 6.92 Å². The van der Waals surface area contributed by atoms with Crippen LogP contribution in [-0.2, 0) is 19.4 Å². The van der Waals surface area contributed by atoms with Crippen molar-refractivity contribution in [2.75, 3.05) is 18.8 Å². The number of carbonyl (C=O) groups is 2. The van der Waals surface area contributed by atoms with Crippen LogP contribution in [0.3, 0.4) is 0 Å². The number of likely N-dealkylation sites (tertiary alicyclic amines) is 1. The molecular formula is C17H23NO5S2. The number of carboxylic acids is 1. The largest absolute Gasteiger partial charge is 0.481 e. The van der Waals surface area contributed by atoms with Crippen LogP contribution in [0, 0.1) is 5.92 Å². The van der Waals surface area contributed by atoms with Gasteiger partial charge >= 0.3 is 5.97 Å². The topological polar surface area (TPSA) is 91.8 Å². The summed E-state index contributed by atoms with van der Waals surface area (Å²) in [6.45, 7) is 4.18. The van der Waals surface area contributed by atoms with E-state index >= 15 is 0 Å².